The first-order valence-electron chi connectivity index (χ1n) is 6.80. The fourth-order valence-corrected chi connectivity index (χ4v) is 1.56. The van der Waals surface area contributed by atoms with Crippen LogP contribution >= 0.6 is 0 Å². The molecule has 7 nitrogen and oxygen atoms in total. The molecular weight excluding hydrogens is 329 g/mol. The third-order valence-electron chi connectivity index (χ3n) is 2.60. The third-order valence-corrected chi connectivity index (χ3v) is 2.60. The molecule has 0 saturated carbocycles. The minimum atomic E-state index is -4.71. The summed E-state index contributed by atoms with van der Waals surface area (Å²) in [5.74, 6) is 0.00500. The first-order chi connectivity index (χ1) is 11.3. The number of pyridine rings is 2. The minimum absolute atomic E-state index is 0.315. The lowest BCUT2D eigenvalue weighted by Gasteiger charge is -2.09. The van der Waals surface area contributed by atoms with Crippen molar-refractivity contribution in [3.63, 3.8) is 0 Å². The molecule has 2 aromatic rings. The SMILES string of the molecule is CC.COc1ccc(Nc2ncc(C(F)(F)F)cc2[N+](=O)[O-])cn1. The van der Waals surface area contributed by atoms with Crippen LogP contribution in [0.1, 0.15) is 19.4 Å². The van der Waals surface area contributed by atoms with Gasteiger partial charge in [-0.15, -0.1) is 0 Å². The Labute approximate surface area is 135 Å². The van der Waals surface area contributed by atoms with Crippen LogP contribution in [0.4, 0.5) is 30.4 Å². The van der Waals surface area contributed by atoms with Gasteiger partial charge in [0.05, 0.1) is 29.5 Å². The molecule has 2 aromatic heterocycles. The first-order valence-corrected chi connectivity index (χ1v) is 6.80. The van der Waals surface area contributed by atoms with Crippen molar-refractivity contribution in [2.75, 3.05) is 12.4 Å². The molecule has 0 aliphatic heterocycles. The lowest BCUT2D eigenvalue weighted by atomic mass is 10.2. The van der Waals surface area contributed by atoms with E-state index in [9.17, 15) is 23.3 Å². The summed E-state index contributed by atoms with van der Waals surface area (Å²) < 4.78 is 42.5. The highest BCUT2D eigenvalue weighted by Gasteiger charge is 2.33. The summed E-state index contributed by atoms with van der Waals surface area (Å²) in [6.07, 6.45) is -2.88. The molecule has 0 aromatic carbocycles. The Morgan fingerprint density at radius 2 is 1.88 bits per heavy atom. The number of nitrogens with zero attached hydrogens (tertiary/aromatic N) is 3. The summed E-state index contributed by atoms with van der Waals surface area (Å²) in [6.45, 7) is 4.00. The molecule has 0 aliphatic carbocycles. The number of hydrogen-bond donors (Lipinski definition) is 1. The number of halogens is 3. The summed E-state index contributed by atoms with van der Waals surface area (Å²) in [6, 6.07) is 3.40. The molecule has 0 unspecified atom stereocenters. The quantitative estimate of drug-likeness (QED) is 0.661. The largest absolute Gasteiger partial charge is 0.481 e. The van der Waals surface area contributed by atoms with Crippen molar-refractivity contribution in [1.82, 2.24) is 9.97 Å². The van der Waals surface area contributed by atoms with Gasteiger partial charge in [0.1, 0.15) is 0 Å². The fourth-order valence-electron chi connectivity index (χ4n) is 1.56. The van der Waals surface area contributed by atoms with E-state index in [0.29, 0.717) is 23.8 Å². The van der Waals surface area contributed by atoms with Crippen LogP contribution < -0.4 is 10.1 Å². The van der Waals surface area contributed by atoms with Gasteiger partial charge < -0.3 is 10.1 Å². The smallest absolute Gasteiger partial charge is 0.418 e. The Bertz CT molecular complexity index is 691. The highest BCUT2D eigenvalue weighted by Crippen LogP contribution is 2.34. The summed E-state index contributed by atoms with van der Waals surface area (Å²) in [5.41, 5.74) is -1.67. The number of aromatic nitrogens is 2. The molecule has 0 spiro atoms. The van der Waals surface area contributed by atoms with E-state index in [1.807, 2.05) is 13.8 Å². The Balaban J connectivity index is 0.00000139. The summed E-state index contributed by atoms with van der Waals surface area (Å²) in [4.78, 5) is 17.3. The second kappa shape index (κ2) is 8.09. The van der Waals surface area contributed by atoms with E-state index >= 15 is 0 Å². The van der Waals surface area contributed by atoms with Gasteiger partial charge >= 0.3 is 11.9 Å². The van der Waals surface area contributed by atoms with Gasteiger partial charge in [0, 0.05) is 18.3 Å². The summed E-state index contributed by atoms with van der Waals surface area (Å²) in [5, 5.41) is 13.5. The number of alkyl halides is 3. The molecule has 0 aliphatic rings. The van der Waals surface area contributed by atoms with Crippen molar-refractivity contribution in [3.8, 4) is 5.88 Å². The van der Waals surface area contributed by atoms with Crippen LogP contribution in [0.15, 0.2) is 30.6 Å². The fraction of sp³-hybridized carbons (Fsp3) is 0.286. The van der Waals surface area contributed by atoms with Gasteiger partial charge in [-0.05, 0) is 6.07 Å². The number of methoxy groups -OCH3 is 1. The van der Waals surface area contributed by atoms with Crippen LogP contribution in [0.2, 0.25) is 0 Å². The van der Waals surface area contributed by atoms with Crippen molar-refractivity contribution in [2.24, 2.45) is 0 Å². The van der Waals surface area contributed by atoms with Crippen molar-refractivity contribution >= 4 is 17.2 Å². The van der Waals surface area contributed by atoms with Crippen LogP contribution in [0, 0.1) is 10.1 Å². The van der Waals surface area contributed by atoms with Crippen molar-refractivity contribution in [3.05, 3.63) is 46.3 Å². The number of nitrogens with one attached hydrogen (secondary N) is 1. The Morgan fingerprint density at radius 3 is 2.33 bits per heavy atom. The zero-order chi connectivity index (χ0) is 18.3. The summed E-state index contributed by atoms with van der Waals surface area (Å²) in [7, 11) is 1.41. The average molecular weight is 344 g/mol. The second-order valence-corrected chi connectivity index (χ2v) is 4.06. The van der Waals surface area contributed by atoms with E-state index in [0.717, 1.165) is 0 Å². The van der Waals surface area contributed by atoms with Crippen LogP contribution in [0.5, 0.6) is 5.88 Å². The van der Waals surface area contributed by atoms with Gasteiger partial charge in [-0.25, -0.2) is 9.97 Å². The number of nitro groups is 1. The molecule has 1 N–H and O–H groups in total. The lowest BCUT2D eigenvalue weighted by molar-refractivity contribution is -0.384. The highest BCUT2D eigenvalue weighted by molar-refractivity contribution is 5.65. The van der Waals surface area contributed by atoms with E-state index in [1.165, 1.54) is 25.4 Å². The van der Waals surface area contributed by atoms with E-state index < -0.39 is 22.4 Å². The van der Waals surface area contributed by atoms with Gasteiger partial charge in [0.25, 0.3) is 0 Å². The predicted octanol–water partition coefficient (Wildman–Crippen LogP) is 4.18. The third kappa shape index (κ3) is 4.80. The second-order valence-electron chi connectivity index (χ2n) is 4.06. The van der Waals surface area contributed by atoms with Gasteiger partial charge in [-0.3, -0.25) is 10.1 Å². The molecule has 2 heterocycles. The zero-order valence-electron chi connectivity index (χ0n) is 13.1. The number of rotatable bonds is 4. The minimum Gasteiger partial charge on any atom is -0.481 e. The standard InChI is InChI=1S/C12H9F3N4O3.C2H6/c1-22-10-3-2-8(6-16-10)18-11-9(19(20)21)4-7(5-17-11)12(13,14)15;1-2/h2-6H,1H3,(H,17,18);1-2H3. The molecule has 130 valence electrons. The molecular formula is C14H15F3N4O3. The van der Waals surface area contributed by atoms with Gasteiger partial charge in [0.15, 0.2) is 0 Å². The number of ether oxygens (including phenoxy) is 1. The van der Waals surface area contributed by atoms with E-state index in [1.54, 1.807) is 0 Å². The average Bonchev–Trinajstić information content (AvgIpc) is 2.56. The monoisotopic (exact) mass is 344 g/mol. The molecule has 0 bridgehead atoms. The molecule has 0 atom stereocenters. The van der Waals surface area contributed by atoms with Crippen LogP contribution in [-0.4, -0.2) is 22.0 Å². The topological polar surface area (TPSA) is 90.2 Å². The lowest BCUT2D eigenvalue weighted by Crippen LogP contribution is -2.08. The maximum absolute atomic E-state index is 12.6. The van der Waals surface area contributed by atoms with E-state index in [-0.39, 0.29) is 5.82 Å². The maximum atomic E-state index is 12.6. The molecule has 0 saturated heterocycles. The summed E-state index contributed by atoms with van der Waals surface area (Å²) >= 11 is 0. The van der Waals surface area contributed by atoms with E-state index in [4.69, 9.17) is 4.74 Å². The zero-order valence-corrected chi connectivity index (χ0v) is 13.1. The van der Waals surface area contributed by atoms with Crippen molar-refractivity contribution in [1.29, 1.82) is 0 Å². The molecule has 0 fully saturated rings. The Morgan fingerprint density at radius 1 is 1.21 bits per heavy atom. The normalized spacial score (nSPS) is 10.4. The van der Waals surface area contributed by atoms with Crippen LogP contribution in [0.3, 0.4) is 0 Å². The molecule has 10 heteroatoms. The van der Waals surface area contributed by atoms with Crippen LogP contribution in [0.25, 0.3) is 0 Å². The number of hydrogen-bond acceptors (Lipinski definition) is 6. The van der Waals surface area contributed by atoms with Gasteiger partial charge in [-0.1, -0.05) is 13.8 Å². The number of anilines is 2. The van der Waals surface area contributed by atoms with E-state index in [2.05, 4.69) is 15.3 Å². The predicted molar refractivity (Wildman–Crippen MR) is 81.3 cm³/mol. The van der Waals surface area contributed by atoms with Crippen molar-refractivity contribution in [2.45, 2.75) is 20.0 Å². The highest BCUT2D eigenvalue weighted by atomic mass is 19.4. The molecule has 0 radical (unpaired) electrons. The van der Waals surface area contributed by atoms with Gasteiger partial charge in [0.2, 0.25) is 11.7 Å². The first kappa shape index (κ1) is 19.1. The molecule has 24 heavy (non-hydrogen) atoms. The maximum Gasteiger partial charge on any atom is 0.418 e. The molecule has 0 amide bonds. The Kier molecular flexibility index (Phi) is 6.45. The Hall–Kier alpha value is -2.91. The van der Waals surface area contributed by atoms with Crippen molar-refractivity contribution < 1.29 is 22.8 Å². The molecule has 2 rings (SSSR count). The van der Waals surface area contributed by atoms with Crippen LogP contribution in [-0.2, 0) is 6.18 Å². The van der Waals surface area contributed by atoms with Gasteiger partial charge in [-0.2, -0.15) is 13.2 Å².